The molecule has 2 aromatic rings. The van der Waals surface area contributed by atoms with Gasteiger partial charge in [-0.05, 0) is 59.9 Å². The molecule has 36 heavy (non-hydrogen) atoms. The normalized spacial score (nSPS) is 23.8. The van der Waals surface area contributed by atoms with Gasteiger partial charge in [-0.15, -0.1) is 0 Å². The van der Waals surface area contributed by atoms with Crippen molar-refractivity contribution in [1.82, 2.24) is 10.2 Å². The lowest BCUT2D eigenvalue weighted by Crippen LogP contribution is -2.53. The molecule has 1 saturated carbocycles. The topological polar surface area (TPSA) is 75.4 Å². The molecular formula is C30H38FN3O2. The van der Waals surface area contributed by atoms with Crippen LogP contribution >= 0.6 is 0 Å². The van der Waals surface area contributed by atoms with E-state index in [1.807, 2.05) is 29.2 Å². The van der Waals surface area contributed by atoms with E-state index in [-0.39, 0.29) is 23.7 Å². The maximum atomic E-state index is 13.7. The average Bonchev–Trinajstić information content (AvgIpc) is 3.26. The van der Waals surface area contributed by atoms with Crippen LogP contribution in [0.2, 0.25) is 0 Å². The van der Waals surface area contributed by atoms with Gasteiger partial charge in [-0.3, -0.25) is 9.59 Å². The van der Waals surface area contributed by atoms with Crippen LogP contribution < -0.4 is 11.1 Å². The van der Waals surface area contributed by atoms with Gasteiger partial charge < -0.3 is 16.0 Å². The molecule has 2 amide bonds. The Morgan fingerprint density at radius 1 is 0.944 bits per heavy atom. The van der Waals surface area contributed by atoms with E-state index in [2.05, 4.69) is 5.32 Å². The summed E-state index contributed by atoms with van der Waals surface area (Å²) in [5.41, 5.74) is 9.37. The maximum Gasteiger partial charge on any atom is 0.245 e. The number of nitrogens with one attached hydrogen (secondary N) is 1. The molecule has 0 spiro atoms. The van der Waals surface area contributed by atoms with Crippen LogP contribution in [-0.2, 0) is 22.4 Å². The summed E-state index contributed by atoms with van der Waals surface area (Å²) >= 11 is 0. The summed E-state index contributed by atoms with van der Waals surface area (Å²) in [5, 5.41) is 3.06. The largest absolute Gasteiger partial charge is 0.344 e. The molecule has 3 atom stereocenters. The first-order valence-electron chi connectivity index (χ1n) is 13.7. The van der Waals surface area contributed by atoms with Gasteiger partial charge in [0.25, 0.3) is 0 Å². The van der Waals surface area contributed by atoms with E-state index in [4.69, 9.17) is 5.73 Å². The zero-order valence-electron chi connectivity index (χ0n) is 21.0. The molecule has 192 valence electrons. The highest BCUT2D eigenvalue weighted by atomic mass is 19.1. The third-order valence-corrected chi connectivity index (χ3v) is 8.76. The molecule has 6 heteroatoms. The molecule has 0 radical (unpaired) electrons. The van der Waals surface area contributed by atoms with Crippen molar-refractivity contribution >= 4 is 11.8 Å². The van der Waals surface area contributed by atoms with E-state index in [1.54, 1.807) is 12.1 Å². The van der Waals surface area contributed by atoms with E-state index in [0.29, 0.717) is 18.8 Å². The van der Waals surface area contributed by atoms with E-state index in [0.717, 1.165) is 48.5 Å². The molecule has 0 aromatic heterocycles. The zero-order valence-corrected chi connectivity index (χ0v) is 21.0. The predicted molar refractivity (Wildman–Crippen MR) is 138 cm³/mol. The molecule has 1 heterocycles. The molecule has 1 saturated heterocycles. The van der Waals surface area contributed by atoms with E-state index in [1.165, 1.54) is 44.2 Å². The number of hydrogen-bond donors (Lipinski definition) is 2. The van der Waals surface area contributed by atoms with Crippen LogP contribution in [0.15, 0.2) is 48.5 Å². The summed E-state index contributed by atoms with van der Waals surface area (Å²) in [7, 11) is 0. The van der Waals surface area contributed by atoms with Crippen molar-refractivity contribution in [2.45, 2.75) is 69.9 Å². The Bertz CT molecular complexity index is 1060. The van der Waals surface area contributed by atoms with Crippen LogP contribution in [0.3, 0.4) is 0 Å². The fourth-order valence-electron chi connectivity index (χ4n) is 6.63. The highest BCUT2D eigenvalue weighted by Crippen LogP contribution is 2.36. The molecule has 1 aliphatic heterocycles. The summed E-state index contributed by atoms with van der Waals surface area (Å²) in [6.07, 6.45) is 9.67. The maximum absolute atomic E-state index is 13.7. The number of rotatable bonds is 6. The summed E-state index contributed by atoms with van der Waals surface area (Å²) in [6.45, 7) is 1.48. The number of carbonyl (C=O) groups excluding carboxylic acids is 2. The van der Waals surface area contributed by atoms with Crippen LogP contribution in [0, 0.1) is 23.6 Å². The molecule has 5 nitrogen and oxygen atoms in total. The van der Waals surface area contributed by atoms with Gasteiger partial charge in [0.2, 0.25) is 11.8 Å². The van der Waals surface area contributed by atoms with Gasteiger partial charge in [-0.1, -0.05) is 68.5 Å². The van der Waals surface area contributed by atoms with Crippen molar-refractivity contribution in [1.29, 1.82) is 0 Å². The molecule has 3 N–H and O–H groups in total. The number of halogens is 1. The number of amides is 2. The van der Waals surface area contributed by atoms with E-state index < -0.39 is 12.0 Å². The van der Waals surface area contributed by atoms with Crippen LogP contribution in [0.25, 0.3) is 0 Å². The number of fused-ring (bicyclic) bond motifs is 1. The zero-order chi connectivity index (χ0) is 25.1. The van der Waals surface area contributed by atoms with Gasteiger partial charge in [-0.25, -0.2) is 4.39 Å². The molecule has 3 unspecified atom stereocenters. The summed E-state index contributed by atoms with van der Waals surface area (Å²) in [4.78, 5) is 29.0. The predicted octanol–water partition coefficient (Wildman–Crippen LogP) is 4.54. The standard InChI is InChI=1S/C30H38FN3O2/c31-24-12-10-20(11-13-24)18-27(33-29(35)26-19-23-8-4-5-9-25(23)28(26)32)30(36)34-16-14-22(15-17-34)21-6-2-1-3-7-21/h4-5,8-13,21-22,26-28H,1-3,6-7,14-19,32H2,(H,33,35). The van der Waals surface area contributed by atoms with Crippen molar-refractivity contribution < 1.29 is 14.0 Å². The van der Waals surface area contributed by atoms with Gasteiger partial charge in [0.1, 0.15) is 11.9 Å². The number of nitrogens with zero attached hydrogens (tertiary/aromatic N) is 1. The lowest BCUT2D eigenvalue weighted by atomic mass is 9.76. The highest BCUT2D eigenvalue weighted by Gasteiger charge is 2.38. The molecule has 0 bridgehead atoms. The highest BCUT2D eigenvalue weighted by molar-refractivity contribution is 5.89. The number of hydrogen-bond acceptors (Lipinski definition) is 3. The number of likely N-dealkylation sites (tertiary alicyclic amines) is 1. The Morgan fingerprint density at radius 2 is 1.61 bits per heavy atom. The molecule has 2 aliphatic carbocycles. The Balaban J connectivity index is 1.27. The van der Waals surface area contributed by atoms with Crippen molar-refractivity contribution in [3.8, 4) is 0 Å². The first kappa shape index (κ1) is 24.9. The van der Waals surface area contributed by atoms with E-state index in [9.17, 15) is 14.0 Å². The van der Waals surface area contributed by atoms with Gasteiger partial charge in [0.05, 0.1) is 5.92 Å². The minimum Gasteiger partial charge on any atom is -0.344 e. The number of piperidine rings is 1. The fourth-order valence-corrected chi connectivity index (χ4v) is 6.63. The van der Waals surface area contributed by atoms with Crippen LogP contribution in [0.5, 0.6) is 0 Å². The van der Waals surface area contributed by atoms with Crippen molar-refractivity contribution in [2.75, 3.05) is 13.1 Å². The molecular weight excluding hydrogens is 453 g/mol. The van der Waals surface area contributed by atoms with Crippen LogP contribution in [0.1, 0.15) is 67.7 Å². The van der Waals surface area contributed by atoms with Crippen molar-refractivity contribution in [3.05, 3.63) is 71.0 Å². The molecule has 2 fully saturated rings. The minimum atomic E-state index is -0.690. The van der Waals surface area contributed by atoms with Crippen molar-refractivity contribution in [2.24, 2.45) is 23.5 Å². The number of benzene rings is 2. The van der Waals surface area contributed by atoms with Gasteiger partial charge in [-0.2, -0.15) is 0 Å². The van der Waals surface area contributed by atoms with Gasteiger partial charge in [0, 0.05) is 25.6 Å². The Kier molecular flexibility index (Phi) is 7.70. The second-order valence-corrected chi connectivity index (χ2v) is 11.0. The third kappa shape index (κ3) is 5.49. The van der Waals surface area contributed by atoms with Crippen LogP contribution in [0.4, 0.5) is 4.39 Å². The van der Waals surface area contributed by atoms with E-state index >= 15 is 0 Å². The third-order valence-electron chi connectivity index (χ3n) is 8.76. The lowest BCUT2D eigenvalue weighted by molar-refractivity contribution is -0.139. The van der Waals surface area contributed by atoms with Crippen LogP contribution in [-0.4, -0.2) is 35.8 Å². The molecule has 2 aromatic carbocycles. The Hall–Kier alpha value is -2.73. The molecule has 5 rings (SSSR count). The minimum absolute atomic E-state index is 0.0427. The van der Waals surface area contributed by atoms with Gasteiger partial charge in [0.15, 0.2) is 0 Å². The quantitative estimate of drug-likeness (QED) is 0.623. The molecule has 3 aliphatic rings. The fraction of sp³-hybridized carbons (Fsp3) is 0.533. The van der Waals surface area contributed by atoms with Crippen molar-refractivity contribution in [3.63, 3.8) is 0 Å². The second kappa shape index (κ2) is 11.1. The Labute approximate surface area is 213 Å². The SMILES string of the molecule is NC1c2ccccc2CC1C(=O)NC(Cc1ccc(F)cc1)C(=O)N1CCC(C2CCCCC2)CC1. The summed E-state index contributed by atoms with van der Waals surface area (Å²) < 4.78 is 13.5. The first-order valence-corrected chi connectivity index (χ1v) is 13.7. The lowest BCUT2D eigenvalue weighted by Gasteiger charge is -2.39. The summed E-state index contributed by atoms with van der Waals surface area (Å²) in [5.74, 6) is 0.564. The summed E-state index contributed by atoms with van der Waals surface area (Å²) in [6, 6.07) is 13.0. The average molecular weight is 492 g/mol. The smallest absolute Gasteiger partial charge is 0.245 e. The number of carbonyl (C=O) groups is 2. The van der Waals surface area contributed by atoms with Gasteiger partial charge >= 0.3 is 0 Å². The number of nitrogens with two attached hydrogens (primary N) is 1. The monoisotopic (exact) mass is 491 g/mol. The Morgan fingerprint density at radius 3 is 2.31 bits per heavy atom. The second-order valence-electron chi connectivity index (χ2n) is 11.0. The first-order chi connectivity index (χ1) is 17.5.